The highest BCUT2D eigenvalue weighted by molar-refractivity contribution is 8.15. The molecule has 1 heterocycles. The fourth-order valence-electron chi connectivity index (χ4n) is 7.48. The number of amides is 2. The van der Waals surface area contributed by atoms with Gasteiger partial charge in [-0.15, -0.1) is 0 Å². The second kappa shape index (κ2) is 21.4. The number of hydrogen-bond donors (Lipinski definition) is 1. The van der Waals surface area contributed by atoms with Crippen LogP contribution in [0.1, 0.15) is 136 Å². The molecule has 0 radical (unpaired) electrons. The van der Waals surface area contributed by atoms with E-state index in [2.05, 4.69) is 6.92 Å². The summed E-state index contributed by atoms with van der Waals surface area (Å²) in [4.78, 5) is 44.6. The summed E-state index contributed by atoms with van der Waals surface area (Å²) in [5.41, 5.74) is -1.63. The molecule has 3 atom stereocenters. The Kier molecular flexibility index (Phi) is 18.1. The van der Waals surface area contributed by atoms with Crippen molar-refractivity contribution in [3.63, 3.8) is 0 Å². The predicted octanol–water partition coefficient (Wildman–Crippen LogP) is 11.3. The van der Waals surface area contributed by atoms with Crippen LogP contribution in [0.5, 0.6) is 0 Å². The lowest BCUT2D eigenvalue weighted by Crippen LogP contribution is -2.58. The zero-order valence-electron chi connectivity index (χ0n) is 34.2. The SMILES string of the molecule is CCCCCCCC(F)(F)CCCCCC/C=C/[C@H](C(=O)N1C(=O)SC(c2ccccc2)(c2ccccc2)[C@@H]1C(C)C)[C@@](O)(CCOC)C(=O)OC(C)(C)C. The number of hydrogen-bond acceptors (Lipinski definition) is 7. The number of allylic oxidation sites excluding steroid dienone is 1. The van der Waals surface area contributed by atoms with Crippen LogP contribution in [0.2, 0.25) is 0 Å². The predicted molar refractivity (Wildman–Crippen MR) is 218 cm³/mol. The molecule has 1 aliphatic heterocycles. The summed E-state index contributed by atoms with van der Waals surface area (Å²) in [6.45, 7) is 11.0. The lowest BCUT2D eigenvalue weighted by atomic mass is 9.77. The van der Waals surface area contributed by atoms with Crippen LogP contribution < -0.4 is 0 Å². The van der Waals surface area contributed by atoms with Crippen LogP contribution in [0.4, 0.5) is 13.6 Å². The fraction of sp³-hybridized carbons (Fsp3) is 0.622. The molecule has 0 aromatic heterocycles. The van der Waals surface area contributed by atoms with Crippen LogP contribution in [-0.4, -0.2) is 64.0 Å². The van der Waals surface area contributed by atoms with Crippen molar-refractivity contribution in [2.45, 2.75) is 153 Å². The second-order valence-electron chi connectivity index (χ2n) is 16.3. The number of carbonyl (C=O) groups is 3. The van der Waals surface area contributed by atoms with E-state index in [-0.39, 0.29) is 31.8 Å². The average molecular weight is 786 g/mol. The number of halogens is 2. The molecule has 7 nitrogen and oxygen atoms in total. The third-order valence-electron chi connectivity index (χ3n) is 10.3. The fourth-order valence-corrected chi connectivity index (χ4v) is 9.07. The van der Waals surface area contributed by atoms with E-state index in [4.69, 9.17) is 9.47 Å². The van der Waals surface area contributed by atoms with Gasteiger partial charge in [-0.1, -0.05) is 132 Å². The summed E-state index contributed by atoms with van der Waals surface area (Å²) in [5.74, 6) is -6.05. The van der Waals surface area contributed by atoms with Gasteiger partial charge in [0.25, 0.3) is 5.24 Å². The minimum atomic E-state index is -2.65. The Hall–Kier alpha value is -3.08. The maximum Gasteiger partial charge on any atom is 0.339 e. The van der Waals surface area contributed by atoms with Crippen molar-refractivity contribution in [2.24, 2.45) is 11.8 Å². The molecule has 55 heavy (non-hydrogen) atoms. The number of rotatable bonds is 23. The zero-order valence-corrected chi connectivity index (χ0v) is 35.0. The van der Waals surface area contributed by atoms with Crippen LogP contribution in [0.15, 0.2) is 72.8 Å². The number of unbranched alkanes of at least 4 members (excludes halogenated alkanes) is 8. The monoisotopic (exact) mass is 785 g/mol. The van der Waals surface area contributed by atoms with Gasteiger partial charge < -0.3 is 14.6 Å². The van der Waals surface area contributed by atoms with Gasteiger partial charge >= 0.3 is 5.97 Å². The third kappa shape index (κ3) is 12.7. The topological polar surface area (TPSA) is 93.1 Å². The van der Waals surface area contributed by atoms with Crippen molar-refractivity contribution < 1.29 is 37.7 Å². The zero-order chi connectivity index (χ0) is 40.7. The number of ether oxygens (including phenoxy) is 2. The van der Waals surface area contributed by atoms with E-state index >= 15 is 4.79 Å². The molecule has 1 N–H and O–H groups in total. The Labute approximate surface area is 333 Å². The number of aliphatic hydroxyl groups is 1. The molecule has 1 fully saturated rings. The number of benzene rings is 2. The van der Waals surface area contributed by atoms with E-state index in [1.54, 1.807) is 26.8 Å². The van der Waals surface area contributed by atoms with E-state index in [1.807, 2.05) is 74.5 Å². The highest BCUT2D eigenvalue weighted by Gasteiger charge is 2.61. The number of nitrogens with zero attached hydrogens (tertiary/aromatic N) is 1. The van der Waals surface area contributed by atoms with Crippen LogP contribution >= 0.6 is 11.8 Å². The summed E-state index contributed by atoms with van der Waals surface area (Å²) in [6.07, 6.45) is 10.3. The van der Waals surface area contributed by atoms with Crippen molar-refractivity contribution in [3.8, 4) is 0 Å². The van der Waals surface area contributed by atoms with Crippen LogP contribution in [-0.2, 0) is 23.8 Å². The molecule has 1 aliphatic rings. The number of imide groups is 1. The average Bonchev–Trinajstić information content (AvgIpc) is 3.47. The third-order valence-corrected chi connectivity index (χ3v) is 11.7. The second-order valence-corrected chi connectivity index (χ2v) is 17.5. The first kappa shape index (κ1) is 46.3. The molecule has 10 heteroatoms. The minimum absolute atomic E-state index is 0.0506. The normalized spacial score (nSPS) is 17.8. The Bertz CT molecular complexity index is 1470. The van der Waals surface area contributed by atoms with Crippen LogP contribution in [0, 0.1) is 11.8 Å². The van der Waals surface area contributed by atoms with E-state index in [0.717, 1.165) is 48.6 Å². The van der Waals surface area contributed by atoms with E-state index in [1.165, 1.54) is 18.1 Å². The Morgan fingerprint density at radius 2 is 1.40 bits per heavy atom. The first-order valence-corrected chi connectivity index (χ1v) is 21.0. The highest BCUT2D eigenvalue weighted by atomic mass is 32.2. The Morgan fingerprint density at radius 1 is 0.873 bits per heavy atom. The molecular weight excluding hydrogens is 721 g/mol. The van der Waals surface area contributed by atoms with Gasteiger partial charge in [0.1, 0.15) is 5.60 Å². The lowest BCUT2D eigenvalue weighted by Gasteiger charge is -2.41. The molecule has 2 amide bonds. The first-order valence-electron chi connectivity index (χ1n) is 20.2. The molecule has 0 spiro atoms. The van der Waals surface area contributed by atoms with Gasteiger partial charge in [-0.3, -0.25) is 14.5 Å². The number of alkyl halides is 2. The standard InChI is InChI=1S/C45H65F2NO6S/c1-8-9-10-14-23-30-43(46,47)31-24-15-12-11-13-22-29-37(44(52,32-33-53-7)40(50)54-42(4,5)6)39(49)48-38(34(2)3)45(55-41(48)51,35-25-18-16-19-26-35)36-27-20-17-21-28-36/h16-22,25-29,34,37-38,52H,8-15,23-24,30-33H2,1-7H3/b29-22+/t37-,38+,44+/m1/s1. The van der Waals surface area contributed by atoms with Crippen molar-refractivity contribution >= 4 is 28.9 Å². The Morgan fingerprint density at radius 3 is 1.89 bits per heavy atom. The van der Waals surface area contributed by atoms with Gasteiger partial charge in [0, 0.05) is 33.0 Å². The van der Waals surface area contributed by atoms with Crippen LogP contribution in [0.25, 0.3) is 0 Å². The summed E-state index contributed by atoms with van der Waals surface area (Å²) in [6, 6.07) is 18.6. The molecule has 2 aromatic rings. The van der Waals surface area contributed by atoms with Gasteiger partial charge in [0.15, 0.2) is 5.60 Å². The molecule has 0 aliphatic carbocycles. The summed E-state index contributed by atoms with van der Waals surface area (Å²) in [5, 5.41) is 11.9. The van der Waals surface area contributed by atoms with Crippen molar-refractivity contribution in [3.05, 3.63) is 83.9 Å². The van der Waals surface area contributed by atoms with Gasteiger partial charge in [-0.2, -0.15) is 0 Å². The van der Waals surface area contributed by atoms with Gasteiger partial charge in [-0.05, 0) is 75.3 Å². The molecule has 1 saturated heterocycles. The quantitative estimate of drug-likeness (QED) is 0.0681. The van der Waals surface area contributed by atoms with Crippen molar-refractivity contribution in [1.29, 1.82) is 0 Å². The smallest absolute Gasteiger partial charge is 0.339 e. The molecule has 306 valence electrons. The molecule has 0 bridgehead atoms. The molecule has 3 rings (SSSR count). The van der Waals surface area contributed by atoms with Crippen molar-refractivity contribution in [1.82, 2.24) is 4.90 Å². The van der Waals surface area contributed by atoms with E-state index in [9.17, 15) is 23.5 Å². The van der Waals surface area contributed by atoms with Gasteiger partial charge in [0.05, 0.1) is 16.7 Å². The van der Waals surface area contributed by atoms with Crippen molar-refractivity contribution in [2.75, 3.05) is 13.7 Å². The minimum Gasteiger partial charge on any atom is -0.458 e. The maximum absolute atomic E-state index is 15.1. The molecule has 0 unspecified atom stereocenters. The number of thioether (sulfide) groups is 1. The number of esters is 1. The van der Waals surface area contributed by atoms with E-state index in [0.29, 0.717) is 38.5 Å². The maximum atomic E-state index is 15.1. The van der Waals surface area contributed by atoms with Crippen LogP contribution in [0.3, 0.4) is 0 Å². The van der Waals surface area contributed by atoms with E-state index < -0.39 is 50.9 Å². The lowest BCUT2D eigenvalue weighted by molar-refractivity contribution is -0.186. The summed E-state index contributed by atoms with van der Waals surface area (Å²) < 4.78 is 38.9. The van der Waals surface area contributed by atoms with Gasteiger partial charge in [-0.25, -0.2) is 13.6 Å². The summed E-state index contributed by atoms with van der Waals surface area (Å²) in [7, 11) is 1.44. The largest absolute Gasteiger partial charge is 0.458 e. The highest BCUT2D eigenvalue weighted by Crippen LogP contribution is 2.56. The first-order chi connectivity index (χ1) is 26.0. The van der Waals surface area contributed by atoms with Gasteiger partial charge in [0.2, 0.25) is 11.8 Å². The summed E-state index contributed by atoms with van der Waals surface area (Å²) >= 11 is 1.07. The number of carbonyl (C=O) groups excluding carboxylic acids is 3. The molecule has 0 saturated carbocycles. The Balaban J connectivity index is 1.92. The molecule has 2 aromatic carbocycles. The number of methoxy groups -OCH3 is 1. The molecular formula is C45H65F2NO6S.